The van der Waals surface area contributed by atoms with Gasteiger partial charge in [0.05, 0.1) is 28.9 Å². The van der Waals surface area contributed by atoms with E-state index < -0.39 is 40.3 Å². The summed E-state index contributed by atoms with van der Waals surface area (Å²) in [6, 6.07) is 8.34. The minimum Gasteiger partial charge on any atom is -0.372 e. The van der Waals surface area contributed by atoms with E-state index in [0.717, 1.165) is 21.7 Å². The maximum absolute atomic E-state index is 14.3. The number of nitrogens with one attached hydrogen (secondary N) is 1. The van der Waals surface area contributed by atoms with Crippen LogP contribution in [0.2, 0.25) is 0 Å². The minimum absolute atomic E-state index is 0.0908. The highest BCUT2D eigenvalue weighted by Gasteiger charge is 2.65. The van der Waals surface area contributed by atoms with Crippen LogP contribution in [0.5, 0.6) is 0 Å². The summed E-state index contributed by atoms with van der Waals surface area (Å²) < 4.78 is 6.08. The van der Waals surface area contributed by atoms with Crippen LogP contribution in [-0.2, 0) is 20.7 Å². The number of amides is 4. The van der Waals surface area contributed by atoms with E-state index in [4.69, 9.17) is 4.74 Å². The number of imide groups is 2. The molecule has 5 rings (SSSR count). The van der Waals surface area contributed by atoms with Crippen LogP contribution in [0, 0.1) is 29.4 Å². The van der Waals surface area contributed by atoms with Crippen LogP contribution >= 0.6 is 0 Å². The second kappa shape index (κ2) is 7.88. The van der Waals surface area contributed by atoms with Crippen LogP contribution in [0.15, 0.2) is 36.4 Å². The highest BCUT2D eigenvalue weighted by atomic mass is 16.6. The van der Waals surface area contributed by atoms with Gasteiger partial charge in [-0.25, -0.2) is 9.69 Å². The third-order valence-corrected chi connectivity index (χ3v) is 7.12. The molecule has 3 aliphatic rings. The molecule has 2 aromatic rings. The van der Waals surface area contributed by atoms with Crippen molar-refractivity contribution in [2.45, 2.75) is 52.4 Å². The molecule has 3 heterocycles. The second-order valence-corrected chi connectivity index (χ2v) is 9.71. The summed E-state index contributed by atoms with van der Waals surface area (Å²) in [5.41, 5.74) is 1.48. The van der Waals surface area contributed by atoms with E-state index in [1.165, 1.54) is 12.1 Å². The highest BCUT2D eigenvalue weighted by Crippen LogP contribution is 2.49. The van der Waals surface area contributed by atoms with Gasteiger partial charge in [0.1, 0.15) is 0 Å². The van der Waals surface area contributed by atoms with Gasteiger partial charge in [-0.05, 0) is 62.6 Å². The average molecular weight is 479 g/mol. The van der Waals surface area contributed by atoms with Gasteiger partial charge in [-0.2, -0.15) is 0 Å². The van der Waals surface area contributed by atoms with Gasteiger partial charge in [0, 0.05) is 30.8 Å². The fourth-order valence-electron chi connectivity index (χ4n) is 5.94. The standard InChI is InChI=1S/C25H26N4O6/c1-13-7-14(2)9-19(8-13)28-23(31)25(22(30)26-24(28)32)11-17-10-18(29(33)34)5-6-20(17)27-12-15(3)35-16(4)21(25)27/h5-10,15-16,21H,11-12H2,1-4H3,(H,26,30,32)/t15-,16+,21-,25+/m0/s1. The van der Waals surface area contributed by atoms with Crippen LogP contribution < -0.4 is 15.1 Å². The molecule has 0 aliphatic carbocycles. The quantitative estimate of drug-likeness (QED) is 0.400. The van der Waals surface area contributed by atoms with E-state index in [-0.39, 0.29) is 18.2 Å². The Morgan fingerprint density at radius 3 is 2.43 bits per heavy atom. The van der Waals surface area contributed by atoms with Crippen molar-refractivity contribution in [3.05, 3.63) is 63.2 Å². The van der Waals surface area contributed by atoms with E-state index in [1.807, 2.05) is 38.7 Å². The van der Waals surface area contributed by atoms with Crippen LogP contribution in [-0.4, -0.2) is 47.6 Å². The van der Waals surface area contributed by atoms with Gasteiger partial charge in [-0.15, -0.1) is 0 Å². The molecule has 2 fully saturated rings. The SMILES string of the molecule is Cc1cc(C)cc(N2C(=O)NC(=O)[C@]3(Cc4cc([N+](=O)[O-])ccc4N4C[C@H](C)O[C@H](C)[C@H]43)C2=O)c1. The number of benzene rings is 2. The Kier molecular flexibility index (Phi) is 5.17. The number of carbonyl (C=O) groups is 3. The summed E-state index contributed by atoms with van der Waals surface area (Å²) in [6.45, 7) is 7.82. The number of barbiturate groups is 1. The smallest absolute Gasteiger partial charge is 0.335 e. The molecule has 10 heteroatoms. The number of non-ortho nitro benzene ring substituents is 1. The lowest BCUT2D eigenvalue weighted by Crippen LogP contribution is -2.76. The predicted molar refractivity (Wildman–Crippen MR) is 127 cm³/mol. The van der Waals surface area contributed by atoms with Crippen molar-refractivity contribution in [2.75, 3.05) is 16.3 Å². The number of urea groups is 1. The number of nitrogens with zero attached hydrogens (tertiary/aromatic N) is 3. The number of hydrogen-bond donors (Lipinski definition) is 1. The molecule has 1 N–H and O–H groups in total. The number of hydrogen-bond acceptors (Lipinski definition) is 7. The average Bonchev–Trinajstić information content (AvgIpc) is 2.76. The summed E-state index contributed by atoms with van der Waals surface area (Å²) >= 11 is 0. The molecule has 2 saturated heterocycles. The zero-order valence-corrected chi connectivity index (χ0v) is 19.9. The normalized spacial score (nSPS) is 28.0. The molecule has 0 bridgehead atoms. The summed E-state index contributed by atoms with van der Waals surface area (Å²) in [7, 11) is 0. The molecule has 0 unspecified atom stereocenters. The molecule has 0 aromatic heterocycles. The molecular weight excluding hydrogens is 452 g/mol. The first-order valence-corrected chi connectivity index (χ1v) is 11.5. The van der Waals surface area contributed by atoms with Crippen LogP contribution in [0.3, 0.4) is 0 Å². The summed E-state index contributed by atoms with van der Waals surface area (Å²) in [4.78, 5) is 54.8. The maximum Gasteiger partial charge on any atom is 0.335 e. The summed E-state index contributed by atoms with van der Waals surface area (Å²) in [6.07, 6.45) is -0.809. The molecule has 182 valence electrons. The zero-order valence-electron chi connectivity index (χ0n) is 19.9. The van der Waals surface area contributed by atoms with Crippen LogP contribution in [0.4, 0.5) is 21.9 Å². The predicted octanol–water partition coefficient (Wildman–Crippen LogP) is 3.02. The van der Waals surface area contributed by atoms with Crippen molar-refractivity contribution in [3.63, 3.8) is 0 Å². The topological polar surface area (TPSA) is 122 Å². The van der Waals surface area contributed by atoms with Crippen molar-refractivity contribution < 1.29 is 24.0 Å². The van der Waals surface area contributed by atoms with Gasteiger partial charge in [0.2, 0.25) is 5.91 Å². The largest absolute Gasteiger partial charge is 0.372 e. The molecule has 4 amide bonds. The maximum atomic E-state index is 14.3. The fraction of sp³-hybridized carbons (Fsp3) is 0.400. The van der Waals surface area contributed by atoms with Crippen molar-refractivity contribution >= 4 is 34.9 Å². The number of fused-ring (bicyclic) bond motifs is 4. The Morgan fingerprint density at radius 2 is 1.77 bits per heavy atom. The van der Waals surface area contributed by atoms with Gasteiger partial charge in [-0.3, -0.25) is 25.0 Å². The Hall–Kier alpha value is -3.79. The van der Waals surface area contributed by atoms with Crippen LogP contribution in [0.1, 0.15) is 30.5 Å². The molecule has 0 radical (unpaired) electrons. The van der Waals surface area contributed by atoms with Crippen molar-refractivity contribution in [3.8, 4) is 0 Å². The van der Waals surface area contributed by atoms with E-state index in [1.54, 1.807) is 18.2 Å². The van der Waals surface area contributed by atoms with Gasteiger partial charge in [-0.1, -0.05) is 6.07 Å². The molecule has 4 atom stereocenters. The monoisotopic (exact) mass is 478 g/mol. The Labute approximate surface area is 202 Å². The number of carbonyl (C=O) groups excluding carboxylic acids is 3. The van der Waals surface area contributed by atoms with Gasteiger partial charge in [0.15, 0.2) is 5.41 Å². The third-order valence-electron chi connectivity index (χ3n) is 7.12. The van der Waals surface area contributed by atoms with Crippen molar-refractivity contribution in [1.82, 2.24) is 5.32 Å². The number of anilines is 2. The third kappa shape index (κ3) is 3.39. The van der Waals surface area contributed by atoms with Crippen LogP contribution in [0.25, 0.3) is 0 Å². The van der Waals surface area contributed by atoms with Gasteiger partial charge >= 0.3 is 6.03 Å². The first-order chi connectivity index (χ1) is 16.5. The van der Waals surface area contributed by atoms with Crippen molar-refractivity contribution in [2.24, 2.45) is 5.41 Å². The lowest BCUT2D eigenvalue weighted by atomic mass is 9.66. The second-order valence-electron chi connectivity index (χ2n) is 9.71. The lowest BCUT2D eigenvalue weighted by molar-refractivity contribution is -0.384. The fourth-order valence-corrected chi connectivity index (χ4v) is 5.94. The molecule has 35 heavy (non-hydrogen) atoms. The highest BCUT2D eigenvalue weighted by molar-refractivity contribution is 6.30. The van der Waals surface area contributed by atoms with E-state index in [9.17, 15) is 24.5 Å². The molecule has 3 aliphatic heterocycles. The molecule has 0 saturated carbocycles. The lowest BCUT2D eigenvalue weighted by Gasteiger charge is -2.56. The summed E-state index contributed by atoms with van der Waals surface area (Å²) in [5.74, 6) is -1.38. The number of nitro groups is 1. The number of ether oxygens (including phenoxy) is 1. The van der Waals surface area contributed by atoms with E-state index in [0.29, 0.717) is 17.8 Å². The van der Waals surface area contributed by atoms with E-state index >= 15 is 0 Å². The Balaban J connectivity index is 1.71. The number of aryl methyl sites for hydroxylation is 2. The first-order valence-electron chi connectivity index (χ1n) is 11.5. The zero-order chi connectivity index (χ0) is 25.2. The number of nitro benzene ring substituents is 1. The van der Waals surface area contributed by atoms with Gasteiger partial charge < -0.3 is 9.64 Å². The molecule has 1 spiro atoms. The number of rotatable bonds is 2. The van der Waals surface area contributed by atoms with Crippen molar-refractivity contribution in [1.29, 1.82) is 0 Å². The van der Waals surface area contributed by atoms with E-state index in [2.05, 4.69) is 5.32 Å². The Bertz CT molecular complexity index is 1270. The molecule has 2 aromatic carbocycles. The van der Waals surface area contributed by atoms with Gasteiger partial charge in [0.25, 0.3) is 11.6 Å². The Morgan fingerprint density at radius 1 is 1.09 bits per heavy atom. The molecular formula is C25H26N4O6. The molecule has 10 nitrogen and oxygen atoms in total. The minimum atomic E-state index is -1.71. The summed E-state index contributed by atoms with van der Waals surface area (Å²) in [5, 5.41) is 13.9. The first kappa shape index (κ1) is 23.0. The number of morpholine rings is 1.